The highest BCUT2D eigenvalue weighted by atomic mass is 32.1. The molecule has 2 N–H and O–H groups in total. The van der Waals surface area contributed by atoms with Crippen molar-refractivity contribution < 1.29 is 14.3 Å². The Morgan fingerprint density at radius 3 is 2.70 bits per heavy atom. The molecule has 0 saturated carbocycles. The molecule has 6 nitrogen and oxygen atoms in total. The van der Waals surface area contributed by atoms with E-state index >= 15 is 0 Å². The van der Waals surface area contributed by atoms with Gasteiger partial charge in [-0.1, -0.05) is 32.1 Å². The Morgan fingerprint density at radius 1 is 1.35 bits per heavy atom. The Hall–Kier alpha value is -2.15. The first-order valence-corrected chi connectivity index (χ1v) is 6.76. The molecule has 0 aliphatic carbocycles. The van der Waals surface area contributed by atoms with E-state index < -0.39 is 6.09 Å². The molecule has 2 aromatic rings. The second-order valence-electron chi connectivity index (χ2n) is 5.14. The predicted molar refractivity (Wildman–Crippen MR) is 77.9 cm³/mol. The minimum Gasteiger partial charge on any atom is -0.465 e. The third-order valence-corrected chi connectivity index (χ3v) is 3.27. The molecule has 2 rings (SSSR count). The zero-order valence-electron chi connectivity index (χ0n) is 11.4. The van der Waals surface area contributed by atoms with Crippen LogP contribution >= 0.6 is 11.3 Å². The van der Waals surface area contributed by atoms with Crippen molar-refractivity contribution in [3.8, 4) is 0 Å². The molecule has 0 spiro atoms. The van der Waals surface area contributed by atoms with Crippen molar-refractivity contribution in [3.05, 3.63) is 28.9 Å². The van der Waals surface area contributed by atoms with Crippen molar-refractivity contribution in [2.24, 2.45) is 0 Å². The highest BCUT2D eigenvalue weighted by Crippen LogP contribution is 2.24. The summed E-state index contributed by atoms with van der Waals surface area (Å²) in [6.07, 6.45) is 5.68. The van der Waals surface area contributed by atoms with E-state index in [4.69, 9.17) is 9.52 Å². The lowest BCUT2D eigenvalue weighted by Gasteiger charge is -2.12. The first-order valence-electron chi connectivity index (χ1n) is 5.95. The Kier molecular flexibility index (Phi) is 3.89. The van der Waals surface area contributed by atoms with Gasteiger partial charge in [-0.3, -0.25) is 5.32 Å². The Bertz CT molecular complexity index is 637. The molecule has 2 heterocycles. The molecule has 0 aliphatic heterocycles. The molecule has 0 saturated heterocycles. The van der Waals surface area contributed by atoms with Crippen molar-refractivity contribution in [3.63, 3.8) is 0 Å². The SMILES string of the molecule is CC(C)(C)c1cnc(/C=C/c2cnc(NC(=O)O)s2)o1. The normalized spacial score (nSPS) is 11.9. The molecule has 0 atom stereocenters. The van der Waals surface area contributed by atoms with Crippen LogP contribution in [0.4, 0.5) is 9.93 Å². The van der Waals surface area contributed by atoms with E-state index in [1.807, 2.05) is 20.8 Å². The molecule has 0 bridgehead atoms. The van der Waals surface area contributed by atoms with Gasteiger partial charge in [-0.05, 0) is 6.08 Å². The first-order chi connectivity index (χ1) is 9.34. The number of nitrogens with zero attached hydrogens (tertiary/aromatic N) is 2. The molecular formula is C13H15N3O3S. The summed E-state index contributed by atoms with van der Waals surface area (Å²) in [6, 6.07) is 0. The minimum absolute atomic E-state index is 0.0812. The van der Waals surface area contributed by atoms with Crippen molar-refractivity contribution in [2.45, 2.75) is 26.2 Å². The van der Waals surface area contributed by atoms with Gasteiger partial charge in [0, 0.05) is 22.6 Å². The summed E-state index contributed by atoms with van der Waals surface area (Å²) in [5.74, 6) is 1.32. The summed E-state index contributed by atoms with van der Waals surface area (Å²) in [5.41, 5.74) is -0.0812. The lowest BCUT2D eigenvalue weighted by molar-refractivity contribution is 0.209. The van der Waals surface area contributed by atoms with Crippen LogP contribution in [0.3, 0.4) is 0 Å². The van der Waals surface area contributed by atoms with Gasteiger partial charge in [-0.25, -0.2) is 14.8 Å². The van der Waals surface area contributed by atoms with Crippen LogP contribution in [0.1, 0.15) is 37.3 Å². The minimum atomic E-state index is -1.13. The molecule has 0 aromatic carbocycles. The summed E-state index contributed by atoms with van der Waals surface area (Å²) in [7, 11) is 0. The molecule has 1 amide bonds. The quantitative estimate of drug-likeness (QED) is 0.901. The smallest absolute Gasteiger partial charge is 0.410 e. The monoisotopic (exact) mass is 293 g/mol. The van der Waals surface area contributed by atoms with Crippen molar-refractivity contribution in [1.29, 1.82) is 0 Å². The molecular weight excluding hydrogens is 278 g/mol. The zero-order chi connectivity index (χ0) is 14.8. The number of carboxylic acid groups (broad SMARTS) is 1. The lowest BCUT2D eigenvalue weighted by atomic mass is 9.94. The highest BCUT2D eigenvalue weighted by molar-refractivity contribution is 7.16. The van der Waals surface area contributed by atoms with Gasteiger partial charge in [-0.15, -0.1) is 0 Å². The molecule has 7 heteroatoms. The number of oxazole rings is 1. The van der Waals surface area contributed by atoms with Gasteiger partial charge in [0.25, 0.3) is 0 Å². The van der Waals surface area contributed by atoms with Gasteiger partial charge in [0.1, 0.15) is 5.76 Å². The maximum Gasteiger partial charge on any atom is 0.410 e. The number of hydrogen-bond acceptors (Lipinski definition) is 5. The molecule has 0 radical (unpaired) electrons. The third-order valence-electron chi connectivity index (χ3n) is 2.39. The van der Waals surface area contributed by atoms with E-state index in [-0.39, 0.29) is 5.41 Å². The average molecular weight is 293 g/mol. The van der Waals surface area contributed by atoms with Crippen LogP contribution in [-0.4, -0.2) is 21.2 Å². The number of nitrogens with one attached hydrogen (secondary N) is 1. The van der Waals surface area contributed by atoms with Crippen LogP contribution in [0.5, 0.6) is 0 Å². The maximum absolute atomic E-state index is 10.5. The highest BCUT2D eigenvalue weighted by Gasteiger charge is 2.18. The number of thiazole rings is 1. The molecule has 0 aliphatic rings. The van der Waals surface area contributed by atoms with Crippen LogP contribution < -0.4 is 5.32 Å². The van der Waals surface area contributed by atoms with Crippen LogP contribution in [0.25, 0.3) is 12.2 Å². The second kappa shape index (κ2) is 5.46. The standard InChI is InChI=1S/C13H15N3O3S/c1-13(2,3)9-7-14-10(19-9)5-4-8-6-15-11(20-8)16-12(17)18/h4-7H,1-3H3,(H,15,16)(H,17,18)/b5-4+. The van der Waals surface area contributed by atoms with Gasteiger partial charge >= 0.3 is 6.09 Å². The summed E-state index contributed by atoms with van der Waals surface area (Å²) in [5, 5.41) is 11.1. The summed E-state index contributed by atoms with van der Waals surface area (Å²) >= 11 is 1.23. The molecule has 106 valence electrons. The van der Waals surface area contributed by atoms with Crippen LogP contribution in [0.15, 0.2) is 16.8 Å². The fourth-order valence-corrected chi connectivity index (χ4v) is 2.09. The number of carbonyl (C=O) groups is 1. The fourth-order valence-electron chi connectivity index (χ4n) is 1.38. The Morgan fingerprint density at radius 2 is 2.10 bits per heavy atom. The van der Waals surface area contributed by atoms with Crippen LogP contribution in [0.2, 0.25) is 0 Å². The van der Waals surface area contributed by atoms with E-state index in [1.54, 1.807) is 24.5 Å². The number of rotatable bonds is 3. The molecule has 20 heavy (non-hydrogen) atoms. The van der Waals surface area contributed by atoms with E-state index in [0.29, 0.717) is 11.0 Å². The van der Waals surface area contributed by atoms with Gasteiger partial charge in [0.15, 0.2) is 5.13 Å². The van der Waals surface area contributed by atoms with Gasteiger partial charge < -0.3 is 9.52 Å². The lowest BCUT2D eigenvalue weighted by Crippen LogP contribution is -2.09. The number of aromatic nitrogens is 2. The second-order valence-corrected chi connectivity index (χ2v) is 6.21. The Labute approximate surface area is 120 Å². The summed E-state index contributed by atoms with van der Waals surface area (Å²) < 4.78 is 5.62. The number of anilines is 1. The topological polar surface area (TPSA) is 88.2 Å². The van der Waals surface area contributed by atoms with Crippen LogP contribution in [-0.2, 0) is 5.41 Å². The summed E-state index contributed by atoms with van der Waals surface area (Å²) in [6.45, 7) is 6.15. The van der Waals surface area contributed by atoms with E-state index in [0.717, 1.165) is 10.6 Å². The largest absolute Gasteiger partial charge is 0.465 e. The first kappa shape index (κ1) is 14.3. The molecule has 0 unspecified atom stereocenters. The van der Waals surface area contributed by atoms with Crippen molar-refractivity contribution in [1.82, 2.24) is 9.97 Å². The number of amides is 1. The van der Waals surface area contributed by atoms with Gasteiger partial charge in [0.05, 0.1) is 6.20 Å². The molecule has 2 aromatic heterocycles. The van der Waals surface area contributed by atoms with Crippen molar-refractivity contribution in [2.75, 3.05) is 5.32 Å². The predicted octanol–water partition coefficient (Wildman–Crippen LogP) is 3.69. The fraction of sp³-hybridized carbons (Fsp3) is 0.308. The average Bonchev–Trinajstić information content (AvgIpc) is 2.93. The van der Waals surface area contributed by atoms with E-state index in [2.05, 4.69) is 15.3 Å². The van der Waals surface area contributed by atoms with Gasteiger partial charge in [0.2, 0.25) is 5.89 Å². The Balaban J connectivity index is 2.07. The van der Waals surface area contributed by atoms with Crippen molar-refractivity contribution >= 4 is 34.7 Å². The van der Waals surface area contributed by atoms with E-state index in [1.165, 1.54) is 11.3 Å². The number of hydrogen-bond donors (Lipinski definition) is 2. The van der Waals surface area contributed by atoms with Crippen LogP contribution in [0, 0.1) is 0 Å². The van der Waals surface area contributed by atoms with E-state index in [9.17, 15) is 4.79 Å². The third kappa shape index (κ3) is 3.67. The summed E-state index contributed by atoms with van der Waals surface area (Å²) in [4.78, 5) is 19.4. The zero-order valence-corrected chi connectivity index (χ0v) is 12.2. The maximum atomic E-state index is 10.5. The van der Waals surface area contributed by atoms with Gasteiger partial charge in [-0.2, -0.15) is 0 Å². The molecule has 0 fully saturated rings.